The van der Waals surface area contributed by atoms with Gasteiger partial charge in [0.05, 0.1) is 6.04 Å². The molecule has 3 N–H and O–H groups in total. The van der Waals surface area contributed by atoms with Gasteiger partial charge in [0.1, 0.15) is 0 Å². The van der Waals surface area contributed by atoms with Gasteiger partial charge in [-0.1, -0.05) is 13.8 Å². The Morgan fingerprint density at radius 1 is 1.17 bits per heavy atom. The van der Waals surface area contributed by atoms with Crippen LogP contribution in [0.4, 0.5) is 0 Å². The number of nitrogens with zero attached hydrogens (tertiary/aromatic N) is 1. The van der Waals surface area contributed by atoms with E-state index in [2.05, 4.69) is 0 Å². The van der Waals surface area contributed by atoms with Crippen molar-refractivity contribution in [2.24, 2.45) is 5.73 Å². The molecule has 0 heterocycles. The number of carbonyl (C=O) groups is 2. The Morgan fingerprint density at radius 2 is 1.61 bits per heavy atom. The molecule has 0 aromatic heterocycles. The molecule has 3 atom stereocenters. The molecular weight excluding hydrogens is 232 g/mol. The van der Waals surface area contributed by atoms with Gasteiger partial charge in [0, 0.05) is 18.5 Å². The first-order valence-electron chi connectivity index (χ1n) is 6.64. The Hall–Kier alpha value is -1.10. The molecule has 0 fully saturated rings. The van der Waals surface area contributed by atoms with Gasteiger partial charge in [-0.05, 0) is 33.1 Å². The lowest BCUT2D eigenvalue weighted by Crippen LogP contribution is -2.51. The van der Waals surface area contributed by atoms with Crippen LogP contribution in [0.3, 0.4) is 0 Å². The zero-order valence-corrected chi connectivity index (χ0v) is 11.8. The number of rotatable bonds is 8. The fraction of sp³-hybridized carbons (Fsp3) is 0.846. The van der Waals surface area contributed by atoms with Crippen molar-refractivity contribution >= 4 is 11.9 Å². The van der Waals surface area contributed by atoms with Crippen LogP contribution in [0.1, 0.15) is 53.4 Å². The first-order valence-corrected chi connectivity index (χ1v) is 6.64. The summed E-state index contributed by atoms with van der Waals surface area (Å²) in [5.41, 5.74) is 5.80. The third-order valence-corrected chi connectivity index (χ3v) is 3.37. The van der Waals surface area contributed by atoms with Crippen LogP contribution in [0, 0.1) is 0 Å². The highest BCUT2D eigenvalue weighted by molar-refractivity contribution is 5.82. The molecule has 0 aromatic rings. The lowest BCUT2D eigenvalue weighted by Gasteiger charge is -2.35. The normalized spacial score (nSPS) is 15.8. The standard InChI is InChI=1S/C13H26N2O3/c1-5-9(3)15(10(4)6-2)13(18)11(14)7-8-12(16)17/h9-11H,5-8,14H2,1-4H3,(H,16,17). The average Bonchev–Trinajstić information content (AvgIpc) is 2.34. The summed E-state index contributed by atoms with van der Waals surface area (Å²) < 4.78 is 0. The molecule has 0 rings (SSSR count). The van der Waals surface area contributed by atoms with Crippen LogP contribution >= 0.6 is 0 Å². The molecule has 5 heteroatoms. The summed E-state index contributed by atoms with van der Waals surface area (Å²) in [6.07, 6.45) is 1.85. The summed E-state index contributed by atoms with van der Waals surface area (Å²) in [4.78, 5) is 24.6. The summed E-state index contributed by atoms with van der Waals surface area (Å²) in [5.74, 6) is -1.06. The van der Waals surface area contributed by atoms with Crippen molar-refractivity contribution in [3.05, 3.63) is 0 Å². The van der Waals surface area contributed by atoms with Crippen molar-refractivity contribution in [3.63, 3.8) is 0 Å². The lowest BCUT2D eigenvalue weighted by molar-refractivity contribution is -0.139. The highest BCUT2D eigenvalue weighted by Gasteiger charge is 2.27. The second-order valence-corrected chi connectivity index (χ2v) is 4.80. The summed E-state index contributed by atoms with van der Waals surface area (Å²) in [7, 11) is 0. The molecule has 5 nitrogen and oxygen atoms in total. The quantitative estimate of drug-likeness (QED) is 0.692. The maximum Gasteiger partial charge on any atom is 0.303 e. The van der Waals surface area contributed by atoms with Crippen LogP contribution < -0.4 is 5.73 Å². The van der Waals surface area contributed by atoms with Crippen molar-refractivity contribution in [1.29, 1.82) is 0 Å². The molecule has 0 aromatic carbocycles. The van der Waals surface area contributed by atoms with Gasteiger partial charge in [0.25, 0.3) is 0 Å². The number of carboxylic acids is 1. The minimum Gasteiger partial charge on any atom is -0.481 e. The summed E-state index contributed by atoms with van der Waals surface area (Å²) in [6.45, 7) is 8.04. The first kappa shape index (κ1) is 16.9. The molecule has 0 aliphatic heterocycles. The maximum absolute atomic E-state index is 12.3. The third-order valence-electron chi connectivity index (χ3n) is 3.37. The van der Waals surface area contributed by atoms with Crippen molar-refractivity contribution in [1.82, 2.24) is 4.90 Å². The van der Waals surface area contributed by atoms with E-state index in [9.17, 15) is 9.59 Å². The lowest BCUT2D eigenvalue weighted by atomic mass is 10.1. The van der Waals surface area contributed by atoms with E-state index in [0.717, 1.165) is 12.8 Å². The van der Waals surface area contributed by atoms with Crippen molar-refractivity contribution in [2.45, 2.75) is 71.5 Å². The summed E-state index contributed by atoms with van der Waals surface area (Å²) in [6, 6.07) is -0.462. The summed E-state index contributed by atoms with van der Waals surface area (Å²) >= 11 is 0. The average molecular weight is 258 g/mol. The smallest absolute Gasteiger partial charge is 0.303 e. The summed E-state index contributed by atoms with van der Waals surface area (Å²) in [5, 5.41) is 8.61. The molecule has 0 saturated heterocycles. The van der Waals surface area contributed by atoms with Gasteiger partial charge in [0.2, 0.25) is 5.91 Å². The third kappa shape index (κ3) is 5.04. The molecule has 1 amide bonds. The topological polar surface area (TPSA) is 83.6 Å². The zero-order chi connectivity index (χ0) is 14.3. The number of aliphatic carboxylic acids is 1. The molecule has 0 spiro atoms. The Labute approximate surface area is 109 Å². The zero-order valence-electron chi connectivity index (χ0n) is 11.8. The van der Waals surface area contributed by atoms with Crippen LogP contribution in [-0.4, -0.2) is 40.0 Å². The molecular formula is C13H26N2O3. The van der Waals surface area contributed by atoms with Crippen LogP contribution in [0.2, 0.25) is 0 Å². The van der Waals surface area contributed by atoms with E-state index >= 15 is 0 Å². The Balaban J connectivity index is 4.68. The fourth-order valence-electron chi connectivity index (χ4n) is 1.86. The van der Waals surface area contributed by atoms with Crippen molar-refractivity contribution in [2.75, 3.05) is 0 Å². The number of amides is 1. The number of carbonyl (C=O) groups excluding carboxylic acids is 1. The van der Waals surface area contributed by atoms with E-state index in [1.807, 2.05) is 27.7 Å². The first-order chi connectivity index (χ1) is 8.34. The van der Waals surface area contributed by atoms with Gasteiger partial charge >= 0.3 is 5.97 Å². The molecule has 0 aliphatic carbocycles. The molecule has 0 radical (unpaired) electrons. The van der Waals surface area contributed by atoms with Crippen LogP contribution in [-0.2, 0) is 9.59 Å². The number of hydrogen-bond acceptors (Lipinski definition) is 3. The maximum atomic E-state index is 12.3. The molecule has 18 heavy (non-hydrogen) atoms. The Kier molecular flexibility index (Phi) is 7.59. The van der Waals surface area contributed by atoms with Crippen LogP contribution in [0.15, 0.2) is 0 Å². The molecule has 0 bridgehead atoms. The van der Waals surface area contributed by atoms with Gasteiger partial charge in [-0.25, -0.2) is 0 Å². The van der Waals surface area contributed by atoms with Crippen LogP contribution in [0.25, 0.3) is 0 Å². The van der Waals surface area contributed by atoms with E-state index in [1.54, 1.807) is 4.90 Å². The van der Waals surface area contributed by atoms with Crippen LogP contribution in [0.5, 0.6) is 0 Å². The van der Waals surface area contributed by atoms with E-state index in [-0.39, 0.29) is 30.8 Å². The van der Waals surface area contributed by atoms with E-state index < -0.39 is 12.0 Å². The van der Waals surface area contributed by atoms with Gasteiger partial charge in [0.15, 0.2) is 0 Å². The molecule has 3 unspecified atom stereocenters. The number of hydrogen-bond donors (Lipinski definition) is 2. The monoisotopic (exact) mass is 258 g/mol. The highest BCUT2D eigenvalue weighted by atomic mass is 16.4. The minimum atomic E-state index is -0.920. The molecule has 106 valence electrons. The van der Waals surface area contributed by atoms with Gasteiger partial charge in [-0.3, -0.25) is 9.59 Å². The molecule has 0 aliphatic rings. The largest absolute Gasteiger partial charge is 0.481 e. The number of nitrogens with two attached hydrogens (primary N) is 1. The van der Waals surface area contributed by atoms with Crippen molar-refractivity contribution in [3.8, 4) is 0 Å². The van der Waals surface area contributed by atoms with E-state index in [4.69, 9.17) is 10.8 Å². The predicted molar refractivity (Wildman–Crippen MR) is 71.2 cm³/mol. The predicted octanol–water partition coefficient (Wildman–Crippen LogP) is 1.60. The molecule has 0 saturated carbocycles. The Morgan fingerprint density at radius 3 is 1.94 bits per heavy atom. The number of carboxylic acid groups (broad SMARTS) is 1. The van der Waals surface area contributed by atoms with E-state index in [0.29, 0.717) is 0 Å². The SMILES string of the molecule is CCC(C)N(C(=O)C(N)CCC(=O)O)C(C)CC. The van der Waals surface area contributed by atoms with Gasteiger partial charge < -0.3 is 15.7 Å². The van der Waals surface area contributed by atoms with Crippen molar-refractivity contribution < 1.29 is 14.7 Å². The Bertz CT molecular complexity index is 271. The second-order valence-electron chi connectivity index (χ2n) is 4.80. The van der Waals surface area contributed by atoms with E-state index in [1.165, 1.54) is 0 Å². The highest BCUT2D eigenvalue weighted by Crippen LogP contribution is 2.14. The minimum absolute atomic E-state index is 0.0677. The van der Waals surface area contributed by atoms with Gasteiger partial charge in [-0.2, -0.15) is 0 Å². The second kappa shape index (κ2) is 8.08. The van der Waals surface area contributed by atoms with Gasteiger partial charge in [-0.15, -0.1) is 0 Å². The fourth-order valence-corrected chi connectivity index (χ4v) is 1.86.